The minimum atomic E-state index is 0.0950. The third kappa shape index (κ3) is 3.58. The van der Waals surface area contributed by atoms with E-state index in [1.165, 1.54) is 14.7 Å². The van der Waals surface area contributed by atoms with Crippen molar-refractivity contribution in [3.63, 3.8) is 0 Å². The van der Waals surface area contributed by atoms with Crippen molar-refractivity contribution in [1.29, 1.82) is 0 Å². The van der Waals surface area contributed by atoms with Gasteiger partial charge < -0.3 is 0 Å². The van der Waals surface area contributed by atoms with Crippen LogP contribution in [0.2, 0.25) is 4.55 Å². The largest absolute Gasteiger partial charge is 0.376 e. The van der Waals surface area contributed by atoms with Gasteiger partial charge in [0, 0.05) is 0 Å². The summed E-state index contributed by atoms with van der Waals surface area (Å²) in [5, 5.41) is 0. The summed E-state index contributed by atoms with van der Waals surface area (Å²) in [6.45, 7) is 3.73. The van der Waals surface area contributed by atoms with Gasteiger partial charge >= 0.3 is 20.4 Å². The fourth-order valence-corrected chi connectivity index (χ4v) is 2.33. The zero-order chi connectivity index (χ0) is 7.94. The second kappa shape index (κ2) is 5.39. The molecule has 0 aliphatic carbocycles. The molecule has 0 saturated heterocycles. The number of hydrogen-bond acceptors (Lipinski definition) is 0. The molecule has 0 radical (unpaired) electrons. The summed E-state index contributed by atoms with van der Waals surface area (Å²) in [4.78, 5) is 0. The molecule has 0 N–H and O–H groups in total. The van der Waals surface area contributed by atoms with E-state index in [1.54, 1.807) is 0 Å². The van der Waals surface area contributed by atoms with Gasteiger partial charge in [-0.3, -0.25) is 0 Å². The average Bonchev–Trinajstić information content (AvgIpc) is 2.07. The molecule has 1 aromatic rings. The molecule has 1 aromatic carbocycles. The first-order valence-electron chi connectivity index (χ1n) is 4.08. The second-order valence-electron chi connectivity index (χ2n) is 2.67. The van der Waals surface area contributed by atoms with Crippen LogP contribution in [-0.2, 0) is 4.55 Å². The highest BCUT2D eigenvalue weighted by Crippen LogP contribution is 1.99. The Morgan fingerprint density at radius 1 is 1.27 bits per heavy atom. The van der Waals surface area contributed by atoms with E-state index in [0.29, 0.717) is 0 Å². The fraction of sp³-hybridized carbons (Fsp3) is 0.200. The average molecular weight is 157 g/mol. The van der Waals surface area contributed by atoms with E-state index < -0.39 is 0 Å². The quantitative estimate of drug-likeness (QED) is 0.357. The van der Waals surface area contributed by atoms with Gasteiger partial charge in [-0.2, -0.15) is 0 Å². The van der Waals surface area contributed by atoms with Crippen LogP contribution in [0.15, 0.2) is 43.0 Å². The van der Waals surface area contributed by atoms with Crippen LogP contribution in [0, 0.1) is 0 Å². The van der Waals surface area contributed by atoms with Gasteiger partial charge in [-0.15, -0.1) is 21.8 Å². The molecule has 0 amide bonds. The molecule has 0 fully saturated rings. The maximum absolute atomic E-state index is 3.73. The van der Waals surface area contributed by atoms with Crippen molar-refractivity contribution in [3.05, 3.63) is 48.6 Å². The Morgan fingerprint density at radius 2 is 2.00 bits per heavy atom. The molecule has 1 heteroatoms. The molecule has 0 heterocycles. The Morgan fingerprint density at radius 3 is 2.64 bits per heavy atom. The van der Waals surface area contributed by atoms with E-state index in [4.69, 9.17) is 0 Å². The van der Waals surface area contributed by atoms with Crippen LogP contribution < -0.4 is 0 Å². The predicted molar refractivity (Wildman–Crippen MR) is 50.9 cm³/mol. The van der Waals surface area contributed by atoms with Gasteiger partial charge in [-0.25, -0.2) is 0 Å². The minimum Gasteiger partial charge on any atom is -0.129 e. The van der Waals surface area contributed by atoms with Gasteiger partial charge in [0.2, 0.25) is 0 Å². The Balaban J connectivity index is 2.33. The molecular formula is C10H12Mg. The van der Waals surface area contributed by atoms with Gasteiger partial charge in [-0.05, 0) is 0 Å². The highest BCUT2D eigenvalue weighted by molar-refractivity contribution is 6.35. The molecule has 0 nitrogen and oxygen atoms in total. The van der Waals surface area contributed by atoms with Crippen LogP contribution in [0.25, 0.3) is 0 Å². The van der Waals surface area contributed by atoms with Crippen molar-refractivity contribution in [2.24, 2.45) is 0 Å². The predicted octanol–water partition coefficient (Wildman–Crippen LogP) is 2.50. The first-order valence-corrected chi connectivity index (χ1v) is 6.08. The topological polar surface area (TPSA) is 0 Å². The standard InChI is InChI=1S/C7H7.C3H5.Mg/c1-7-5-3-2-4-6-7;1-3-2;/h2-6H,1H2;3H,1-2H2;. The zero-order valence-corrected chi connectivity index (χ0v) is 8.21. The summed E-state index contributed by atoms with van der Waals surface area (Å²) in [6, 6.07) is 10.7. The first kappa shape index (κ1) is 8.82. The van der Waals surface area contributed by atoms with Crippen molar-refractivity contribution in [2.75, 3.05) is 0 Å². The van der Waals surface area contributed by atoms with E-state index in [1.807, 2.05) is 6.08 Å². The van der Waals surface area contributed by atoms with Crippen molar-refractivity contribution in [2.45, 2.75) is 9.10 Å². The molecule has 0 atom stereocenters. The lowest BCUT2D eigenvalue weighted by Gasteiger charge is -1.95. The van der Waals surface area contributed by atoms with Crippen molar-refractivity contribution in [1.82, 2.24) is 0 Å². The summed E-state index contributed by atoms with van der Waals surface area (Å²) in [5.74, 6) is 0. The Bertz CT molecular complexity index is 203. The lowest BCUT2D eigenvalue weighted by Crippen LogP contribution is -1.93. The van der Waals surface area contributed by atoms with Gasteiger partial charge in [0.1, 0.15) is 0 Å². The summed E-state index contributed by atoms with van der Waals surface area (Å²) >= 11 is 0.0950. The lowest BCUT2D eigenvalue weighted by molar-refractivity contribution is 1.37. The van der Waals surface area contributed by atoms with Crippen molar-refractivity contribution < 1.29 is 0 Å². The van der Waals surface area contributed by atoms with E-state index in [-0.39, 0.29) is 20.4 Å². The van der Waals surface area contributed by atoms with E-state index in [9.17, 15) is 0 Å². The molecule has 0 unspecified atom stereocenters. The normalized spacial score (nSPS) is 8.73. The molecule has 54 valence electrons. The molecule has 1 rings (SSSR count). The third-order valence-corrected chi connectivity index (χ3v) is 3.46. The van der Waals surface area contributed by atoms with Gasteiger partial charge in [0.05, 0.1) is 0 Å². The van der Waals surface area contributed by atoms with Crippen LogP contribution in [0.4, 0.5) is 0 Å². The van der Waals surface area contributed by atoms with Gasteiger partial charge in [0.15, 0.2) is 0 Å². The zero-order valence-electron chi connectivity index (χ0n) is 6.79. The molecule has 11 heavy (non-hydrogen) atoms. The molecule has 0 aliphatic rings. The molecule has 0 aliphatic heterocycles. The molecule has 0 bridgehead atoms. The van der Waals surface area contributed by atoms with E-state index >= 15 is 0 Å². The van der Waals surface area contributed by atoms with Crippen LogP contribution in [0.3, 0.4) is 0 Å². The summed E-state index contributed by atoms with van der Waals surface area (Å²) in [5.41, 5.74) is 1.49. The van der Waals surface area contributed by atoms with Crippen molar-refractivity contribution >= 4 is 20.4 Å². The number of benzene rings is 1. The monoisotopic (exact) mass is 156 g/mol. The van der Waals surface area contributed by atoms with E-state index in [2.05, 4.69) is 36.9 Å². The van der Waals surface area contributed by atoms with Crippen LogP contribution in [-0.4, -0.2) is 20.4 Å². The highest BCUT2D eigenvalue weighted by atomic mass is 24.5. The number of allylic oxidation sites excluding steroid dienone is 1. The number of hydrogen-bond donors (Lipinski definition) is 0. The number of rotatable bonds is 4. The lowest BCUT2D eigenvalue weighted by atomic mass is 10.2. The molecule has 0 saturated carbocycles. The highest BCUT2D eigenvalue weighted by Gasteiger charge is 1.93. The Labute approximate surface area is 78.0 Å². The fourth-order valence-electron chi connectivity index (χ4n) is 1.10. The summed E-state index contributed by atoms with van der Waals surface area (Å²) in [6.07, 6.45) is 2.04. The maximum Gasteiger partial charge on any atom is 0.376 e. The van der Waals surface area contributed by atoms with E-state index in [0.717, 1.165) is 0 Å². The van der Waals surface area contributed by atoms with Crippen LogP contribution in [0.5, 0.6) is 0 Å². The smallest absolute Gasteiger partial charge is 0.129 e. The summed E-state index contributed by atoms with van der Waals surface area (Å²) in [7, 11) is 0. The molecule has 0 aromatic heterocycles. The third-order valence-electron chi connectivity index (χ3n) is 1.72. The van der Waals surface area contributed by atoms with Gasteiger partial charge in [0.25, 0.3) is 0 Å². The van der Waals surface area contributed by atoms with Crippen LogP contribution in [0.1, 0.15) is 5.56 Å². The summed E-state index contributed by atoms with van der Waals surface area (Å²) < 4.78 is 2.57. The first-order chi connectivity index (χ1) is 5.43. The Hall–Kier alpha value is -0.274. The SMILES string of the molecule is C=C[CH2][Mg][CH2]c1ccccc1. The Kier molecular flexibility index (Phi) is 4.32. The maximum atomic E-state index is 3.73. The molecular weight excluding hydrogens is 144 g/mol. The van der Waals surface area contributed by atoms with Crippen molar-refractivity contribution in [3.8, 4) is 0 Å². The molecule has 0 spiro atoms. The van der Waals surface area contributed by atoms with Crippen LogP contribution >= 0.6 is 0 Å². The minimum absolute atomic E-state index is 0.0950. The second-order valence-corrected chi connectivity index (χ2v) is 4.45. The van der Waals surface area contributed by atoms with Gasteiger partial charge in [-0.1, -0.05) is 35.9 Å².